The number of carbonyl (C=O) groups is 1. The molecule has 1 saturated heterocycles. The van der Waals surface area contributed by atoms with Gasteiger partial charge in [0, 0.05) is 13.1 Å². The van der Waals surface area contributed by atoms with Crippen LogP contribution >= 0.6 is 0 Å². The highest BCUT2D eigenvalue weighted by molar-refractivity contribution is 7.86. The van der Waals surface area contributed by atoms with Crippen molar-refractivity contribution in [3.05, 3.63) is 0 Å². The number of carboxylic acids is 1. The minimum absolute atomic E-state index is 0.105. The predicted octanol–water partition coefficient (Wildman–Crippen LogP) is -1.42. The number of aliphatic carboxylic acids is 1. The van der Waals surface area contributed by atoms with Gasteiger partial charge < -0.3 is 10.4 Å². The van der Waals surface area contributed by atoms with Crippen LogP contribution in [0.2, 0.25) is 0 Å². The van der Waals surface area contributed by atoms with Gasteiger partial charge in [-0.15, -0.1) is 0 Å². The van der Waals surface area contributed by atoms with Gasteiger partial charge >= 0.3 is 5.97 Å². The van der Waals surface area contributed by atoms with Crippen LogP contribution in [-0.2, 0) is 15.0 Å². The van der Waals surface area contributed by atoms with E-state index in [-0.39, 0.29) is 12.5 Å². The van der Waals surface area contributed by atoms with E-state index in [4.69, 9.17) is 10.2 Å². The summed E-state index contributed by atoms with van der Waals surface area (Å²) < 4.78 is 23.4. The lowest BCUT2D eigenvalue weighted by Crippen LogP contribution is -2.45. The minimum atomic E-state index is -3.61. The standard InChI is InChI=1S/C8H17N3O4S/c9-16(14,15)11-3-1-2-7(6-11)4-10-5-8(12)13/h7,10H,1-6H2,(H,12,13)(H2,9,14,15). The number of piperidine rings is 1. The Kier molecular flexibility index (Phi) is 4.66. The quantitative estimate of drug-likeness (QED) is 0.555. The third-order valence-electron chi connectivity index (χ3n) is 2.55. The lowest BCUT2D eigenvalue weighted by atomic mass is 10.00. The largest absolute Gasteiger partial charge is 0.480 e. The van der Waals surface area contributed by atoms with Gasteiger partial charge in [0.2, 0.25) is 0 Å². The van der Waals surface area contributed by atoms with Crippen molar-refractivity contribution in [1.82, 2.24) is 9.62 Å². The Morgan fingerprint density at radius 3 is 2.81 bits per heavy atom. The first kappa shape index (κ1) is 13.4. The summed E-state index contributed by atoms with van der Waals surface area (Å²) >= 11 is 0. The van der Waals surface area contributed by atoms with Crippen molar-refractivity contribution in [3.8, 4) is 0 Å². The summed E-state index contributed by atoms with van der Waals surface area (Å²) in [6.07, 6.45) is 1.65. The van der Waals surface area contributed by atoms with Gasteiger partial charge in [0.05, 0.1) is 6.54 Å². The smallest absolute Gasteiger partial charge is 0.317 e. The maximum Gasteiger partial charge on any atom is 0.317 e. The molecule has 0 saturated carbocycles. The molecule has 0 aromatic carbocycles. The van der Waals surface area contributed by atoms with Crippen LogP contribution in [0.3, 0.4) is 0 Å². The van der Waals surface area contributed by atoms with Crippen molar-refractivity contribution in [2.24, 2.45) is 11.1 Å². The highest BCUT2D eigenvalue weighted by Gasteiger charge is 2.25. The molecule has 0 amide bonds. The van der Waals surface area contributed by atoms with Gasteiger partial charge in [0.15, 0.2) is 0 Å². The molecule has 0 aliphatic carbocycles. The molecule has 0 spiro atoms. The van der Waals surface area contributed by atoms with E-state index in [1.807, 2.05) is 0 Å². The van der Waals surface area contributed by atoms with Crippen LogP contribution < -0.4 is 10.5 Å². The van der Waals surface area contributed by atoms with E-state index in [1.54, 1.807) is 0 Å². The molecule has 1 unspecified atom stereocenters. The maximum absolute atomic E-state index is 11.1. The van der Waals surface area contributed by atoms with Gasteiger partial charge in [0.1, 0.15) is 0 Å². The third kappa shape index (κ3) is 4.44. The zero-order valence-corrected chi connectivity index (χ0v) is 9.74. The summed E-state index contributed by atoms with van der Waals surface area (Å²) in [5, 5.41) is 16.2. The number of rotatable bonds is 5. The van der Waals surface area contributed by atoms with Crippen molar-refractivity contribution in [3.63, 3.8) is 0 Å². The number of nitrogens with one attached hydrogen (secondary N) is 1. The van der Waals surface area contributed by atoms with Crippen LogP contribution in [0.4, 0.5) is 0 Å². The number of nitrogens with two attached hydrogens (primary N) is 1. The first-order chi connectivity index (χ1) is 7.39. The second kappa shape index (κ2) is 5.58. The number of hydrogen-bond donors (Lipinski definition) is 3. The van der Waals surface area contributed by atoms with E-state index in [1.165, 1.54) is 4.31 Å². The van der Waals surface area contributed by atoms with Gasteiger partial charge in [0.25, 0.3) is 10.2 Å². The summed E-state index contributed by atoms with van der Waals surface area (Å²) in [6.45, 7) is 1.21. The molecule has 1 fully saturated rings. The molecule has 1 aliphatic rings. The lowest BCUT2D eigenvalue weighted by Gasteiger charge is -2.30. The molecule has 4 N–H and O–H groups in total. The monoisotopic (exact) mass is 251 g/mol. The summed E-state index contributed by atoms with van der Waals surface area (Å²) in [4.78, 5) is 10.3. The van der Waals surface area contributed by atoms with Crippen molar-refractivity contribution in [2.75, 3.05) is 26.2 Å². The van der Waals surface area contributed by atoms with Gasteiger partial charge in [-0.2, -0.15) is 12.7 Å². The number of nitrogens with zero attached hydrogens (tertiary/aromatic N) is 1. The number of carboxylic acid groups (broad SMARTS) is 1. The van der Waals surface area contributed by atoms with E-state index in [2.05, 4.69) is 5.32 Å². The Hall–Kier alpha value is -0.700. The Morgan fingerprint density at radius 1 is 1.56 bits per heavy atom. The Morgan fingerprint density at radius 2 is 2.25 bits per heavy atom. The van der Waals surface area contributed by atoms with Gasteiger partial charge in [-0.05, 0) is 25.3 Å². The van der Waals surface area contributed by atoms with Crippen molar-refractivity contribution in [1.29, 1.82) is 0 Å². The van der Waals surface area contributed by atoms with Gasteiger partial charge in [-0.1, -0.05) is 0 Å². The highest BCUT2D eigenvalue weighted by atomic mass is 32.2. The zero-order valence-electron chi connectivity index (χ0n) is 8.92. The molecule has 1 atom stereocenters. The Balaban J connectivity index is 2.36. The van der Waals surface area contributed by atoms with E-state index in [9.17, 15) is 13.2 Å². The average molecular weight is 251 g/mol. The molecular weight excluding hydrogens is 234 g/mol. The molecule has 0 radical (unpaired) electrons. The summed E-state index contributed by atoms with van der Waals surface area (Å²) in [5.74, 6) is -0.787. The molecule has 0 aromatic rings. The van der Waals surface area contributed by atoms with E-state index < -0.39 is 16.2 Å². The van der Waals surface area contributed by atoms with Crippen LogP contribution in [-0.4, -0.2) is 50.0 Å². The molecule has 1 heterocycles. The van der Waals surface area contributed by atoms with Gasteiger partial charge in [-0.3, -0.25) is 4.79 Å². The molecule has 0 aromatic heterocycles. The molecule has 94 valence electrons. The summed E-state index contributed by atoms with van der Waals surface area (Å²) in [5.41, 5.74) is 0. The second-order valence-electron chi connectivity index (χ2n) is 3.94. The first-order valence-electron chi connectivity index (χ1n) is 5.10. The van der Waals surface area contributed by atoms with Crippen LogP contribution in [0.5, 0.6) is 0 Å². The highest BCUT2D eigenvalue weighted by Crippen LogP contribution is 2.16. The van der Waals surface area contributed by atoms with E-state index in [0.717, 1.165) is 12.8 Å². The van der Waals surface area contributed by atoms with Crippen molar-refractivity contribution < 1.29 is 18.3 Å². The molecule has 16 heavy (non-hydrogen) atoms. The van der Waals surface area contributed by atoms with E-state index >= 15 is 0 Å². The molecule has 7 nitrogen and oxygen atoms in total. The summed E-state index contributed by atoms with van der Waals surface area (Å²) in [7, 11) is -3.61. The normalized spacial score (nSPS) is 23.2. The molecule has 1 aliphatic heterocycles. The Bertz CT molecular complexity index is 343. The van der Waals surface area contributed by atoms with Gasteiger partial charge in [-0.25, -0.2) is 5.14 Å². The fourth-order valence-corrected chi connectivity index (χ4v) is 2.61. The number of hydrogen-bond acceptors (Lipinski definition) is 4. The maximum atomic E-state index is 11.1. The van der Waals surface area contributed by atoms with Crippen molar-refractivity contribution >= 4 is 16.2 Å². The SMILES string of the molecule is NS(=O)(=O)N1CCCC(CNCC(=O)O)C1. The van der Waals surface area contributed by atoms with Crippen molar-refractivity contribution in [2.45, 2.75) is 12.8 Å². The molecule has 1 rings (SSSR count). The zero-order chi connectivity index (χ0) is 12.2. The van der Waals surface area contributed by atoms with E-state index in [0.29, 0.717) is 19.6 Å². The first-order valence-corrected chi connectivity index (χ1v) is 6.60. The Labute approximate surface area is 94.8 Å². The third-order valence-corrected chi connectivity index (χ3v) is 3.60. The fraction of sp³-hybridized carbons (Fsp3) is 0.875. The van der Waals surface area contributed by atoms with Crippen LogP contribution in [0.1, 0.15) is 12.8 Å². The second-order valence-corrected chi connectivity index (χ2v) is 5.48. The molecule has 0 bridgehead atoms. The fourth-order valence-electron chi connectivity index (χ4n) is 1.81. The molecule has 8 heteroatoms. The van der Waals surface area contributed by atoms with Crippen LogP contribution in [0.25, 0.3) is 0 Å². The topological polar surface area (TPSA) is 113 Å². The predicted molar refractivity (Wildman–Crippen MR) is 57.9 cm³/mol. The molecular formula is C8H17N3O4S. The van der Waals surface area contributed by atoms with Crippen LogP contribution in [0.15, 0.2) is 0 Å². The lowest BCUT2D eigenvalue weighted by molar-refractivity contribution is -0.136. The minimum Gasteiger partial charge on any atom is -0.480 e. The summed E-state index contributed by atoms with van der Waals surface area (Å²) in [6, 6.07) is 0. The average Bonchev–Trinajstić information content (AvgIpc) is 2.16. The van der Waals surface area contributed by atoms with Crippen LogP contribution in [0, 0.1) is 5.92 Å².